The number of carbonyl (C=O) groups is 2. The first-order valence-corrected chi connectivity index (χ1v) is 5.70. The van der Waals surface area contributed by atoms with Crippen LogP contribution in [-0.4, -0.2) is 11.8 Å². The molecular weight excluding hydrogens is 263 g/mol. The van der Waals surface area contributed by atoms with Gasteiger partial charge >= 0.3 is 0 Å². The molecule has 1 rings (SSSR count). The van der Waals surface area contributed by atoms with Gasteiger partial charge in [0.05, 0.1) is 5.92 Å². The van der Waals surface area contributed by atoms with Crippen molar-refractivity contribution in [3.8, 4) is 0 Å². The number of nitrogens with two attached hydrogens (primary N) is 2. The van der Waals surface area contributed by atoms with E-state index < -0.39 is 17.7 Å². The van der Waals surface area contributed by atoms with Crippen molar-refractivity contribution in [3.63, 3.8) is 0 Å². The molecule has 6 heteroatoms. The van der Waals surface area contributed by atoms with E-state index in [1.807, 2.05) is 0 Å². The normalized spacial score (nSPS) is 12.1. The number of benzene rings is 1. The SMILES string of the molecule is NC(=O)CCC(C(N)=O)c1ccc(Cl)cc1Cl. The molecule has 1 unspecified atom stereocenters. The molecule has 1 atom stereocenters. The molecule has 0 aliphatic carbocycles. The molecule has 0 saturated heterocycles. The van der Waals surface area contributed by atoms with Crippen molar-refractivity contribution in [1.82, 2.24) is 0 Å². The van der Waals surface area contributed by atoms with Crippen LogP contribution in [0.1, 0.15) is 24.3 Å². The standard InChI is InChI=1S/C11H12Cl2N2O2/c12-6-1-2-7(9(13)5-6)8(11(15)17)3-4-10(14)16/h1-2,5,8H,3-4H2,(H2,14,16)(H2,15,17). The zero-order chi connectivity index (χ0) is 13.0. The fraction of sp³-hybridized carbons (Fsp3) is 0.273. The maximum atomic E-state index is 11.3. The Labute approximate surface area is 109 Å². The van der Waals surface area contributed by atoms with E-state index >= 15 is 0 Å². The Hall–Kier alpha value is -1.26. The van der Waals surface area contributed by atoms with E-state index in [0.717, 1.165) is 0 Å². The molecule has 2 amide bonds. The summed E-state index contributed by atoms with van der Waals surface area (Å²) in [7, 11) is 0. The first kappa shape index (κ1) is 13.8. The molecule has 0 fully saturated rings. The average molecular weight is 275 g/mol. The Morgan fingerprint density at radius 3 is 2.35 bits per heavy atom. The maximum absolute atomic E-state index is 11.3. The van der Waals surface area contributed by atoms with Gasteiger partial charge in [0.2, 0.25) is 11.8 Å². The molecule has 0 bridgehead atoms. The Morgan fingerprint density at radius 2 is 1.88 bits per heavy atom. The van der Waals surface area contributed by atoms with Crippen LogP contribution in [0.5, 0.6) is 0 Å². The fourth-order valence-corrected chi connectivity index (χ4v) is 2.06. The van der Waals surface area contributed by atoms with E-state index in [2.05, 4.69) is 0 Å². The third kappa shape index (κ3) is 3.91. The predicted molar refractivity (Wildman–Crippen MR) is 66.8 cm³/mol. The minimum Gasteiger partial charge on any atom is -0.370 e. The van der Waals surface area contributed by atoms with Gasteiger partial charge in [0, 0.05) is 16.5 Å². The maximum Gasteiger partial charge on any atom is 0.225 e. The lowest BCUT2D eigenvalue weighted by Gasteiger charge is -2.14. The summed E-state index contributed by atoms with van der Waals surface area (Å²) >= 11 is 11.7. The monoisotopic (exact) mass is 274 g/mol. The van der Waals surface area contributed by atoms with E-state index in [1.54, 1.807) is 12.1 Å². The second-order valence-electron chi connectivity index (χ2n) is 3.63. The number of amides is 2. The third-order valence-electron chi connectivity index (χ3n) is 2.36. The Balaban J connectivity index is 2.97. The van der Waals surface area contributed by atoms with Gasteiger partial charge in [-0.05, 0) is 24.1 Å². The van der Waals surface area contributed by atoms with Crippen LogP contribution in [0.3, 0.4) is 0 Å². The molecule has 4 N–H and O–H groups in total. The van der Waals surface area contributed by atoms with Crippen LogP contribution >= 0.6 is 23.2 Å². The molecule has 0 spiro atoms. The van der Waals surface area contributed by atoms with Crippen LogP contribution in [0, 0.1) is 0 Å². The second-order valence-corrected chi connectivity index (χ2v) is 4.47. The summed E-state index contributed by atoms with van der Waals surface area (Å²) in [6.45, 7) is 0. The van der Waals surface area contributed by atoms with Gasteiger partial charge in [-0.2, -0.15) is 0 Å². The molecule has 0 aliphatic heterocycles. The van der Waals surface area contributed by atoms with Crippen LogP contribution in [0.25, 0.3) is 0 Å². The summed E-state index contributed by atoms with van der Waals surface area (Å²) in [4.78, 5) is 22.0. The van der Waals surface area contributed by atoms with Gasteiger partial charge in [0.1, 0.15) is 0 Å². The summed E-state index contributed by atoms with van der Waals surface area (Å²) < 4.78 is 0. The van der Waals surface area contributed by atoms with E-state index in [1.165, 1.54) is 6.07 Å². The third-order valence-corrected chi connectivity index (χ3v) is 2.92. The zero-order valence-electron chi connectivity index (χ0n) is 8.95. The lowest BCUT2D eigenvalue weighted by atomic mass is 9.93. The summed E-state index contributed by atoms with van der Waals surface area (Å²) in [5.74, 6) is -1.66. The molecular formula is C11H12Cl2N2O2. The molecule has 1 aromatic rings. The molecule has 0 radical (unpaired) electrons. The van der Waals surface area contributed by atoms with Crippen LogP contribution in [0.15, 0.2) is 18.2 Å². The lowest BCUT2D eigenvalue weighted by Crippen LogP contribution is -2.23. The lowest BCUT2D eigenvalue weighted by molar-refractivity contribution is -0.120. The second kappa shape index (κ2) is 5.89. The fourth-order valence-electron chi connectivity index (χ4n) is 1.52. The number of hydrogen-bond donors (Lipinski definition) is 2. The highest BCUT2D eigenvalue weighted by molar-refractivity contribution is 6.35. The van der Waals surface area contributed by atoms with Gasteiger partial charge in [-0.3, -0.25) is 9.59 Å². The number of halogens is 2. The largest absolute Gasteiger partial charge is 0.370 e. The van der Waals surface area contributed by atoms with Gasteiger partial charge < -0.3 is 11.5 Å². The summed E-state index contributed by atoms with van der Waals surface area (Å²) in [5.41, 5.74) is 10.9. The van der Waals surface area contributed by atoms with Crippen molar-refractivity contribution in [1.29, 1.82) is 0 Å². The highest BCUT2D eigenvalue weighted by Crippen LogP contribution is 2.30. The Morgan fingerprint density at radius 1 is 1.24 bits per heavy atom. The molecule has 0 saturated carbocycles. The van der Waals surface area contributed by atoms with Crippen LogP contribution in [-0.2, 0) is 9.59 Å². The highest BCUT2D eigenvalue weighted by Gasteiger charge is 2.21. The van der Waals surface area contributed by atoms with E-state index in [4.69, 9.17) is 34.7 Å². The van der Waals surface area contributed by atoms with Crippen molar-refractivity contribution in [2.24, 2.45) is 11.5 Å². The van der Waals surface area contributed by atoms with Crippen LogP contribution < -0.4 is 11.5 Å². The molecule has 0 aliphatic rings. The van der Waals surface area contributed by atoms with Gasteiger partial charge in [-0.1, -0.05) is 29.3 Å². The van der Waals surface area contributed by atoms with Crippen LogP contribution in [0.4, 0.5) is 0 Å². The summed E-state index contributed by atoms with van der Waals surface area (Å²) in [6, 6.07) is 4.77. The molecule has 4 nitrogen and oxygen atoms in total. The average Bonchev–Trinajstić information content (AvgIpc) is 2.20. The van der Waals surface area contributed by atoms with Crippen molar-refractivity contribution in [2.75, 3.05) is 0 Å². The smallest absolute Gasteiger partial charge is 0.225 e. The molecule has 0 heterocycles. The van der Waals surface area contributed by atoms with Gasteiger partial charge in [-0.15, -0.1) is 0 Å². The molecule has 17 heavy (non-hydrogen) atoms. The number of rotatable bonds is 5. The topological polar surface area (TPSA) is 86.2 Å². The van der Waals surface area contributed by atoms with E-state index in [0.29, 0.717) is 15.6 Å². The van der Waals surface area contributed by atoms with Crippen molar-refractivity contribution in [3.05, 3.63) is 33.8 Å². The summed E-state index contributed by atoms with van der Waals surface area (Å²) in [5, 5.41) is 0.822. The van der Waals surface area contributed by atoms with E-state index in [-0.39, 0.29) is 12.8 Å². The van der Waals surface area contributed by atoms with Crippen molar-refractivity contribution < 1.29 is 9.59 Å². The van der Waals surface area contributed by atoms with E-state index in [9.17, 15) is 9.59 Å². The Bertz CT molecular complexity index is 449. The number of primary amides is 2. The quantitative estimate of drug-likeness (QED) is 0.858. The van der Waals surface area contributed by atoms with Gasteiger partial charge in [0.25, 0.3) is 0 Å². The first-order chi connectivity index (χ1) is 7.91. The predicted octanol–water partition coefficient (Wildman–Crippen LogP) is 1.83. The van der Waals surface area contributed by atoms with Crippen molar-refractivity contribution >= 4 is 35.0 Å². The minimum atomic E-state index is -0.632. The zero-order valence-corrected chi connectivity index (χ0v) is 10.5. The molecule has 1 aromatic carbocycles. The van der Waals surface area contributed by atoms with Gasteiger partial charge in [-0.25, -0.2) is 0 Å². The summed E-state index contributed by atoms with van der Waals surface area (Å²) in [6.07, 6.45) is 0.318. The highest BCUT2D eigenvalue weighted by atomic mass is 35.5. The molecule has 92 valence electrons. The van der Waals surface area contributed by atoms with Crippen LogP contribution in [0.2, 0.25) is 10.0 Å². The molecule has 0 aromatic heterocycles. The van der Waals surface area contributed by atoms with Crippen molar-refractivity contribution in [2.45, 2.75) is 18.8 Å². The Kier molecular flexibility index (Phi) is 4.78. The first-order valence-electron chi connectivity index (χ1n) is 4.94. The van der Waals surface area contributed by atoms with Gasteiger partial charge in [0.15, 0.2) is 0 Å². The number of carbonyl (C=O) groups excluding carboxylic acids is 2. The number of hydrogen-bond acceptors (Lipinski definition) is 2. The minimum absolute atomic E-state index is 0.0760.